The number of fused-ring (bicyclic) bond motifs is 3. The molecule has 1 nitrogen and oxygen atoms in total. The molecule has 158 valence electrons. The van der Waals surface area contributed by atoms with Gasteiger partial charge in [0.15, 0.2) is 7.14 Å². The van der Waals surface area contributed by atoms with Gasteiger partial charge in [0.25, 0.3) is 0 Å². The van der Waals surface area contributed by atoms with Crippen LogP contribution in [0.3, 0.4) is 0 Å². The lowest BCUT2D eigenvalue weighted by atomic mass is 10.0. The fourth-order valence-corrected chi connectivity index (χ4v) is 7.29. The minimum absolute atomic E-state index is 0.0280. The molecule has 5 rings (SSSR count). The van der Waals surface area contributed by atoms with E-state index in [4.69, 9.17) is 0 Å². The maximum Gasteiger partial charge on any atom is 0.183 e. The predicted octanol–water partition coefficient (Wildman–Crippen LogP) is 6.19. The summed E-state index contributed by atoms with van der Waals surface area (Å²) >= 11 is 0. The van der Waals surface area contributed by atoms with Crippen LogP contribution in [0.5, 0.6) is 0 Å². The molecule has 5 aromatic carbocycles. The van der Waals surface area contributed by atoms with Gasteiger partial charge in [-0.2, -0.15) is 0 Å². The molecule has 0 saturated carbocycles. The van der Waals surface area contributed by atoms with E-state index in [0.29, 0.717) is 16.2 Å². The summed E-state index contributed by atoms with van der Waals surface area (Å²) < 4.78 is 74.9. The maximum atomic E-state index is 15.0. The van der Waals surface area contributed by atoms with E-state index >= 15 is 17.6 Å². The minimum Gasteiger partial charge on any atom is -0.308 e. The zero-order chi connectivity index (χ0) is 22.5. The smallest absolute Gasteiger partial charge is 0.183 e. The van der Waals surface area contributed by atoms with Crippen LogP contribution in [0.2, 0.25) is 0 Å². The number of rotatable bonds is 3. The van der Waals surface area contributed by atoms with E-state index in [2.05, 4.69) is 0 Å². The van der Waals surface area contributed by atoms with Crippen molar-refractivity contribution < 1.29 is 22.1 Å². The molecule has 32 heavy (non-hydrogen) atoms. The Morgan fingerprint density at radius 1 is 0.500 bits per heavy atom. The summed E-state index contributed by atoms with van der Waals surface area (Å²) in [6.45, 7) is 0. The van der Waals surface area contributed by atoms with Crippen molar-refractivity contribution in [3.63, 3.8) is 0 Å². The number of halogens is 4. The predicted molar refractivity (Wildman–Crippen MR) is 121 cm³/mol. The van der Waals surface area contributed by atoms with Crippen LogP contribution < -0.4 is 15.9 Å². The van der Waals surface area contributed by atoms with Gasteiger partial charge in [0.1, 0.15) is 23.3 Å². The Balaban J connectivity index is 2.04. The second kappa shape index (κ2) is 7.61. The molecule has 0 bridgehead atoms. The normalized spacial score (nSPS) is 11.9. The Morgan fingerprint density at radius 2 is 0.938 bits per heavy atom. The minimum atomic E-state index is -4.68. The molecule has 0 aliphatic heterocycles. The van der Waals surface area contributed by atoms with Crippen molar-refractivity contribution in [2.24, 2.45) is 0 Å². The summed E-state index contributed by atoms with van der Waals surface area (Å²) in [5, 5.41) is 0.805. The van der Waals surface area contributed by atoms with Crippen LogP contribution in [0.15, 0.2) is 91.0 Å². The Morgan fingerprint density at radius 3 is 1.47 bits per heavy atom. The van der Waals surface area contributed by atoms with Crippen molar-refractivity contribution >= 4 is 44.6 Å². The van der Waals surface area contributed by atoms with Gasteiger partial charge in [-0.15, -0.1) is 0 Å². The van der Waals surface area contributed by atoms with Crippen LogP contribution in [0.1, 0.15) is 0 Å². The lowest BCUT2D eigenvalue weighted by molar-refractivity contribution is 0.568. The van der Waals surface area contributed by atoms with Gasteiger partial charge in [0.05, 0.1) is 10.6 Å². The van der Waals surface area contributed by atoms with Crippen LogP contribution in [-0.2, 0) is 4.57 Å². The molecular weight excluding hydrogens is 435 g/mol. The summed E-state index contributed by atoms with van der Waals surface area (Å²) in [4.78, 5) is 0. The molecule has 0 atom stereocenters. The fourth-order valence-electron chi connectivity index (χ4n) is 4.23. The molecule has 0 saturated heterocycles. The Labute approximate surface area is 181 Å². The molecule has 0 amide bonds. The van der Waals surface area contributed by atoms with Crippen molar-refractivity contribution in [3.05, 3.63) is 114 Å². The fraction of sp³-hybridized carbons (Fsp3) is 0. The second-order valence-electron chi connectivity index (χ2n) is 7.41. The number of hydrogen-bond acceptors (Lipinski definition) is 1. The summed E-state index contributed by atoms with van der Waals surface area (Å²) in [5.41, 5.74) is 0. The molecule has 0 unspecified atom stereocenters. The third-order valence-electron chi connectivity index (χ3n) is 5.59. The summed E-state index contributed by atoms with van der Waals surface area (Å²) in [7, 11) is -4.68. The molecular formula is C26H15F4OP. The van der Waals surface area contributed by atoms with Crippen molar-refractivity contribution in [1.29, 1.82) is 0 Å². The average molecular weight is 450 g/mol. The first-order valence-corrected chi connectivity index (χ1v) is 11.5. The van der Waals surface area contributed by atoms with E-state index in [9.17, 15) is 4.57 Å². The molecule has 0 aliphatic rings. The average Bonchev–Trinajstić information content (AvgIpc) is 2.78. The lowest BCUT2D eigenvalue weighted by Crippen LogP contribution is -2.33. The van der Waals surface area contributed by atoms with Crippen LogP contribution in [0.25, 0.3) is 21.5 Å². The van der Waals surface area contributed by atoms with Crippen molar-refractivity contribution in [2.75, 3.05) is 0 Å². The molecule has 5 aromatic rings. The highest BCUT2D eigenvalue weighted by molar-refractivity contribution is 7.85. The summed E-state index contributed by atoms with van der Waals surface area (Å²) in [6, 6.07) is 21.6. The van der Waals surface area contributed by atoms with Crippen molar-refractivity contribution in [1.82, 2.24) is 0 Å². The molecule has 0 N–H and O–H groups in total. The SMILES string of the molecule is O=P(c1c(F)cccc1F)(c1c(F)cccc1F)c1cc2ccccc2c2ccccc12. The van der Waals surface area contributed by atoms with Crippen molar-refractivity contribution in [3.8, 4) is 0 Å². The van der Waals surface area contributed by atoms with E-state index in [-0.39, 0.29) is 5.30 Å². The molecule has 0 radical (unpaired) electrons. The van der Waals surface area contributed by atoms with E-state index in [0.717, 1.165) is 41.8 Å². The molecule has 0 heterocycles. The largest absolute Gasteiger partial charge is 0.308 e. The van der Waals surface area contributed by atoms with Gasteiger partial charge in [0.2, 0.25) is 0 Å². The molecule has 0 fully saturated rings. The highest BCUT2D eigenvalue weighted by Crippen LogP contribution is 2.48. The number of hydrogen-bond donors (Lipinski definition) is 0. The quantitative estimate of drug-likeness (QED) is 0.182. The molecule has 0 spiro atoms. The topological polar surface area (TPSA) is 17.1 Å². The monoisotopic (exact) mass is 450 g/mol. The first-order valence-electron chi connectivity index (χ1n) is 9.83. The van der Waals surface area contributed by atoms with E-state index in [1.54, 1.807) is 36.4 Å². The highest BCUT2D eigenvalue weighted by atomic mass is 31.2. The second-order valence-corrected chi connectivity index (χ2v) is 10.0. The third kappa shape index (κ3) is 2.96. The van der Waals surface area contributed by atoms with Crippen LogP contribution in [0.4, 0.5) is 17.6 Å². The third-order valence-corrected chi connectivity index (χ3v) is 8.75. The molecule has 6 heteroatoms. The van der Waals surface area contributed by atoms with Gasteiger partial charge in [-0.05, 0) is 51.9 Å². The Hall–Kier alpha value is -3.43. The van der Waals surface area contributed by atoms with Gasteiger partial charge >= 0.3 is 0 Å². The van der Waals surface area contributed by atoms with E-state index in [1.807, 2.05) is 12.1 Å². The van der Waals surface area contributed by atoms with Crippen molar-refractivity contribution in [2.45, 2.75) is 0 Å². The van der Waals surface area contributed by atoms with Crippen LogP contribution in [-0.4, -0.2) is 0 Å². The van der Waals surface area contributed by atoms with Gasteiger partial charge in [-0.1, -0.05) is 60.7 Å². The molecule has 0 aliphatic carbocycles. The Bertz CT molecular complexity index is 1470. The summed E-state index contributed by atoms with van der Waals surface area (Å²) in [6.07, 6.45) is 0. The van der Waals surface area contributed by atoms with Gasteiger partial charge < -0.3 is 4.57 Å². The Kier molecular flexibility index (Phi) is 4.87. The van der Waals surface area contributed by atoms with Crippen LogP contribution in [0, 0.1) is 23.3 Å². The number of benzene rings is 5. The van der Waals surface area contributed by atoms with Gasteiger partial charge in [-0.3, -0.25) is 0 Å². The zero-order valence-corrected chi connectivity index (χ0v) is 17.4. The standard InChI is InChI=1S/C26H15F4OP/c27-20-11-5-12-21(28)25(20)32(31,26-22(29)13-6-14-23(26)30)24-15-16-7-1-2-8-17(16)18-9-3-4-10-19(18)24/h1-15H. The van der Waals surface area contributed by atoms with Gasteiger partial charge in [-0.25, -0.2) is 17.6 Å². The summed E-state index contributed by atoms with van der Waals surface area (Å²) in [5.74, 6) is -4.53. The van der Waals surface area contributed by atoms with E-state index < -0.39 is 41.0 Å². The zero-order valence-electron chi connectivity index (χ0n) is 16.5. The lowest BCUT2D eigenvalue weighted by Gasteiger charge is -2.24. The van der Waals surface area contributed by atoms with Gasteiger partial charge in [0, 0.05) is 5.30 Å². The first kappa shape index (κ1) is 20.5. The highest BCUT2D eigenvalue weighted by Gasteiger charge is 2.41. The molecule has 0 aromatic heterocycles. The van der Waals surface area contributed by atoms with E-state index in [1.165, 1.54) is 6.07 Å². The first-order chi connectivity index (χ1) is 15.4. The maximum absolute atomic E-state index is 15.0. The van der Waals surface area contributed by atoms with Crippen LogP contribution >= 0.6 is 7.14 Å².